The zero-order valence-corrected chi connectivity index (χ0v) is 32.6. The third-order valence-electron chi connectivity index (χ3n) is 9.30. The van der Waals surface area contributed by atoms with Gasteiger partial charge in [0.25, 0.3) is 17.7 Å². The van der Waals surface area contributed by atoms with Crippen LogP contribution in [0.3, 0.4) is 0 Å². The highest BCUT2D eigenvalue weighted by molar-refractivity contribution is 7.09. The largest absolute Gasteiger partial charge is 0.508 e. The summed E-state index contributed by atoms with van der Waals surface area (Å²) < 4.78 is 0. The van der Waals surface area contributed by atoms with Crippen LogP contribution < -0.4 is 38.5 Å². The second-order valence-electron chi connectivity index (χ2n) is 13.6. The first-order valence-electron chi connectivity index (χ1n) is 18.3. The molecule has 2 saturated heterocycles. The number of aromatic hydroxyl groups is 1. The number of carbonyl (C=O) groups excluding carboxylic acids is 7. The number of guanidine groups is 1. The number of nitrogens with two attached hydrogens (primary N) is 3. The fourth-order valence-electron chi connectivity index (χ4n) is 6.33. The Balaban J connectivity index is 1.44. The van der Waals surface area contributed by atoms with Gasteiger partial charge in [0.05, 0.1) is 6.04 Å². The topological polar surface area (TPSA) is 335 Å². The van der Waals surface area contributed by atoms with Crippen LogP contribution in [0.4, 0.5) is 4.79 Å². The van der Waals surface area contributed by atoms with Gasteiger partial charge in [0.1, 0.15) is 46.3 Å². The van der Waals surface area contributed by atoms with Gasteiger partial charge in [-0.15, -0.1) is 11.3 Å². The highest BCUT2D eigenvalue weighted by Gasteiger charge is 2.42. The first kappa shape index (κ1) is 44.1. The smallest absolute Gasteiger partial charge is 0.329 e. The Morgan fingerprint density at radius 1 is 1.05 bits per heavy atom. The van der Waals surface area contributed by atoms with E-state index in [0.717, 1.165) is 11.3 Å². The Labute approximate surface area is 336 Å². The van der Waals surface area contributed by atoms with Crippen LogP contribution in [-0.2, 0) is 35.2 Å². The summed E-state index contributed by atoms with van der Waals surface area (Å²) in [5, 5.41) is 30.9. The number of rotatable bonds is 19. The molecule has 2 aliphatic heterocycles. The molecule has 2 fully saturated rings. The summed E-state index contributed by atoms with van der Waals surface area (Å²) in [7, 11) is 0. The van der Waals surface area contributed by atoms with Crippen molar-refractivity contribution < 1.29 is 48.6 Å². The fourth-order valence-corrected chi connectivity index (χ4v) is 7.27. The van der Waals surface area contributed by atoms with Gasteiger partial charge in [0, 0.05) is 31.3 Å². The van der Waals surface area contributed by atoms with Gasteiger partial charge in [-0.1, -0.05) is 18.2 Å². The number of amides is 8. The molecule has 2 aromatic rings. The molecular formula is C36H47N11O10S. The van der Waals surface area contributed by atoms with Crippen molar-refractivity contribution in [1.29, 1.82) is 0 Å². The number of benzene rings is 1. The van der Waals surface area contributed by atoms with E-state index < -0.39 is 77.7 Å². The van der Waals surface area contributed by atoms with Gasteiger partial charge in [-0.25, -0.2) is 19.5 Å². The summed E-state index contributed by atoms with van der Waals surface area (Å²) in [6, 6.07) is -0.0988. The maximum Gasteiger partial charge on any atom is 0.329 e. The van der Waals surface area contributed by atoms with Gasteiger partial charge in [-0.05, 0) is 63.6 Å². The number of thiazole rings is 1. The summed E-state index contributed by atoms with van der Waals surface area (Å²) in [4.78, 5) is 113. The summed E-state index contributed by atoms with van der Waals surface area (Å²) in [5.41, 5.74) is 16.3. The molecule has 8 amide bonds. The molecule has 0 saturated carbocycles. The minimum Gasteiger partial charge on any atom is -0.508 e. The Hall–Kier alpha value is -6.58. The number of carboxylic acids is 1. The lowest BCUT2D eigenvalue weighted by Crippen LogP contribution is -2.54. The molecule has 0 aliphatic carbocycles. The lowest BCUT2D eigenvalue weighted by molar-refractivity contribution is -0.139. The van der Waals surface area contributed by atoms with Crippen molar-refractivity contribution in [2.45, 2.75) is 89.0 Å². The van der Waals surface area contributed by atoms with Crippen molar-refractivity contribution in [3.63, 3.8) is 0 Å². The minimum absolute atomic E-state index is 0.0316. The standard InChI is InChI=1S/C36H47N11O10S/c1-3-25(47-33(54)23(45-36(47)57)16-19-8-10-20(48)11-9-19)30(52)41-18(2)28(50)42-21(6-4-14-40-35(38)39)32(53)46-15-5-7-26(46)31-44-24(17-58-31)29(51)43-22(34(55)56)12-13-27(37)49/h3,8-11,17-18,21-23,26,48H,4-7,12-16H2,1-2H3,(H2,37,49)(H,41,52)(H,42,50)(H,43,51)(H,45,57)(H,55,56)(H4,38,39,40)/b25-3-/t18-,21-,22-,23-,26-/m0/s1. The molecule has 5 atom stereocenters. The maximum absolute atomic E-state index is 14.1. The van der Waals surface area contributed by atoms with Gasteiger partial charge >= 0.3 is 12.0 Å². The molecule has 4 rings (SSSR count). The zero-order chi connectivity index (χ0) is 42.7. The van der Waals surface area contributed by atoms with E-state index in [0.29, 0.717) is 28.3 Å². The van der Waals surface area contributed by atoms with Crippen molar-refractivity contribution in [1.82, 2.24) is 36.1 Å². The summed E-state index contributed by atoms with van der Waals surface area (Å²) >= 11 is 1.09. The first-order valence-corrected chi connectivity index (χ1v) is 19.2. The average Bonchev–Trinajstić information content (AvgIpc) is 3.92. The normalized spacial score (nSPS) is 18.1. The first-order chi connectivity index (χ1) is 27.5. The van der Waals surface area contributed by atoms with Crippen LogP contribution in [0.5, 0.6) is 5.75 Å². The number of imide groups is 1. The number of aliphatic imine (C=N–C) groups is 1. The predicted octanol–water partition coefficient (Wildman–Crippen LogP) is -0.929. The molecular weight excluding hydrogens is 779 g/mol. The molecule has 0 spiro atoms. The number of carbonyl (C=O) groups is 8. The van der Waals surface area contributed by atoms with Crippen LogP contribution in [0.25, 0.3) is 0 Å². The molecule has 0 unspecified atom stereocenters. The van der Waals surface area contributed by atoms with Crippen LogP contribution in [0.2, 0.25) is 0 Å². The van der Waals surface area contributed by atoms with Gasteiger partial charge in [-0.3, -0.25) is 33.8 Å². The summed E-state index contributed by atoms with van der Waals surface area (Å²) in [5.74, 6) is -5.82. The van der Waals surface area contributed by atoms with E-state index in [1.165, 1.54) is 42.3 Å². The van der Waals surface area contributed by atoms with Crippen LogP contribution in [0.15, 0.2) is 46.4 Å². The van der Waals surface area contributed by atoms with Crippen LogP contribution >= 0.6 is 11.3 Å². The third-order valence-corrected chi connectivity index (χ3v) is 10.2. The lowest BCUT2D eigenvalue weighted by atomic mass is 10.1. The molecule has 0 bridgehead atoms. The number of nitrogens with one attached hydrogen (secondary N) is 4. The quantitative estimate of drug-likeness (QED) is 0.0272. The molecule has 312 valence electrons. The van der Waals surface area contributed by atoms with E-state index >= 15 is 0 Å². The van der Waals surface area contributed by atoms with Crippen molar-refractivity contribution in [3.8, 4) is 5.75 Å². The van der Waals surface area contributed by atoms with Crippen molar-refractivity contribution in [2.75, 3.05) is 13.1 Å². The zero-order valence-electron chi connectivity index (χ0n) is 31.8. The van der Waals surface area contributed by atoms with Gasteiger partial charge in [0.15, 0.2) is 5.96 Å². The van der Waals surface area contributed by atoms with Crippen molar-refractivity contribution in [2.24, 2.45) is 22.2 Å². The number of aliphatic carboxylic acids is 1. The number of hydrogen-bond donors (Lipinski definition) is 9. The van der Waals surface area contributed by atoms with E-state index in [4.69, 9.17) is 17.2 Å². The Morgan fingerprint density at radius 2 is 1.76 bits per heavy atom. The number of hydrogen-bond acceptors (Lipinski definition) is 12. The van der Waals surface area contributed by atoms with E-state index in [1.807, 2.05) is 0 Å². The number of carboxylic acid groups (broad SMARTS) is 1. The average molecular weight is 826 g/mol. The van der Waals surface area contributed by atoms with Crippen LogP contribution in [0.1, 0.15) is 79.5 Å². The molecule has 12 N–H and O–H groups in total. The molecule has 2 aliphatic rings. The number of allylic oxidation sites excluding steroid dienone is 1. The van der Waals surface area contributed by atoms with Gasteiger partial charge in [-0.2, -0.15) is 0 Å². The van der Waals surface area contributed by atoms with Crippen LogP contribution in [0, 0.1) is 0 Å². The number of phenolic OH excluding ortho intramolecular Hbond substituents is 1. The van der Waals surface area contributed by atoms with Crippen molar-refractivity contribution in [3.05, 3.63) is 57.7 Å². The molecule has 1 aromatic carbocycles. The molecule has 3 heterocycles. The second kappa shape index (κ2) is 20.0. The monoisotopic (exact) mass is 825 g/mol. The number of primary amides is 1. The Morgan fingerprint density at radius 3 is 2.40 bits per heavy atom. The molecule has 1 aromatic heterocycles. The number of phenols is 1. The highest BCUT2D eigenvalue weighted by Crippen LogP contribution is 2.34. The SMILES string of the molecule is C/C=C(/C(=O)N[C@@H](C)C(=O)N[C@@H](CCCN=C(N)N)C(=O)N1CCC[C@H]1c1nc(C(=O)N[C@@H](CCC(N)=O)C(=O)O)cs1)N1C(=O)N[C@@H](Cc2ccc(O)cc2)C1=O. The fraction of sp³-hybridized carbons (Fsp3) is 0.444. The minimum atomic E-state index is -1.38. The number of urea groups is 1. The lowest BCUT2D eigenvalue weighted by Gasteiger charge is -2.29. The van der Waals surface area contributed by atoms with Crippen LogP contribution in [-0.4, -0.2) is 116 Å². The molecule has 22 heteroatoms. The number of likely N-dealkylation sites (tertiary alicyclic amines) is 1. The summed E-state index contributed by atoms with van der Waals surface area (Å²) in [6.07, 6.45) is 2.28. The molecule has 58 heavy (non-hydrogen) atoms. The van der Waals surface area contributed by atoms with E-state index in [1.54, 1.807) is 12.1 Å². The van der Waals surface area contributed by atoms with Crippen molar-refractivity contribution >= 4 is 64.7 Å². The van der Waals surface area contributed by atoms with E-state index in [2.05, 4.69) is 31.2 Å². The number of nitrogens with zero attached hydrogens (tertiary/aromatic N) is 4. The predicted molar refractivity (Wildman–Crippen MR) is 207 cm³/mol. The Kier molecular flexibility index (Phi) is 15.2. The van der Waals surface area contributed by atoms with E-state index in [9.17, 15) is 48.6 Å². The maximum atomic E-state index is 14.1. The summed E-state index contributed by atoms with van der Waals surface area (Å²) in [6.45, 7) is 3.24. The third kappa shape index (κ3) is 11.5. The number of aromatic nitrogens is 1. The van der Waals surface area contributed by atoms with E-state index in [-0.39, 0.29) is 68.3 Å². The Bertz CT molecular complexity index is 1960. The molecule has 21 nitrogen and oxygen atoms in total. The van der Waals surface area contributed by atoms with Gasteiger partial charge < -0.3 is 53.6 Å². The highest BCUT2D eigenvalue weighted by atomic mass is 32.1. The molecule has 0 radical (unpaired) electrons. The second-order valence-corrected chi connectivity index (χ2v) is 14.4. The van der Waals surface area contributed by atoms with Gasteiger partial charge in [0.2, 0.25) is 17.7 Å².